The van der Waals surface area contributed by atoms with Crippen molar-refractivity contribution in [1.29, 1.82) is 0 Å². The number of amides is 4. The smallest absolute Gasteiger partial charge is 0.319 e. The Morgan fingerprint density at radius 3 is 2.36 bits per heavy atom. The van der Waals surface area contributed by atoms with Gasteiger partial charge >= 0.3 is 6.03 Å². The van der Waals surface area contributed by atoms with Crippen LogP contribution in [0, 0.1) is 5.92 Å². The highest BCUT2D eigenvalue weighted by Gasteiger charge is 2.54. The van der Waals surface area contributed by atoms with Crippen molar-refractivity contribution in [1.82, 2.24) is 20.0 Å². The Hall–Kier alpha value is -2.77. The molecular weight excluding hydrogens is 418 g/mol. The van der Waals surface area contributed by atoms with Crippen LogP contribution in [-0.4, -0.2) is 85.0 Å². The van der Waals surface area contributed by atoms with Gasteiger partial charge in [-0.2, -0.15) is 0 Å². The summed E-state index contributed by atoms with van der Waals surface area (Å²) in [4.78, 5) is 46.1. The molecule has 4 rings (SSSR count). The first kappa shape index (κ1) is 23.4. The van der Waals surface area contributed by atoms with E-state index in [0.717, 1.165) is 5.69 Å². The highest BCUT2D eigenvalue weighted by molar-refractivity contribution is 5.96. The molecule has 1 aliphatic carbocycles. The molecule has 0 atom stereocenters. The molecule has 1 aromatic carbocycles. The molecule has 2 saturated heterocycles. The van der Waals surface area contributed by atoms with E-state index in [1.807, 2.05) is 30.3 Å². The second kappa shape index (κ2) is 10.0. The monoisotopic (exact) mass is 455 g/mol. The van der Waals surface area contributed by atoms with E-state index in [1.54, 1.807) is 28.8 Å². The minimum Gasteiger partial charge on any atom is -0.354 e. The Balaban J connectivity index is 1.45. The van der Waals surface area contributed by atoms with Crippen molar-refractivity contribution >= 4 is 23.5 Å². The quantitative estimate of drug-likeness (QED) is 0.740. The Labute approximate surface area is 196 Å². The fraction of sp³-hybridized carbons (Fsp3) is 0.640. The van der Waals surface area contributed by atoms with E-state index in [1.165, 1.54) is 32.1 Å². The molecule has 1 saturated carbocycles. The van der Waals surface area contributed by atoms with Crippen molar-refractivity contribution in [3.05, 3.63) is 30.3 Å². The first-order valence-electron chi connectivity index (χ1n) is 12.3. The van der Waals surface area contributed by atoms with Crippen molar-refractivity contribution in [2.24, 2.45) is 5.92 Å². The van der Waals surface area contributed by atoms with E-state index in [9.17, 15) is 14.4 Å². The zero-order chi connectivity index (χ0) is 23.4. The van der Waals surface area contributed by atoms with E-state index in [4.69, 9.17) is 0 Å². The number of urea groups is 1. The second-order valence-electron chi connectivity index (χ2n) is 9.91. The van der Waals surface area contributed by atoms with Crippen LogP contribution >= 0.6 is 0 Å². The number of anilines is 1. The lowest BCUT2D eigenvalue weighted by atomic mass is 9.85. The third-order valence-corrected chi connectivity index (χ3v) is 7.47. The molecule has 2 aliphatic heterocycles. The average Bonchev–Trinajstić information content (AvgIpc) is 3.10. The molecule has 8 heteroatoms. The van der Waals surface area contributed by atoms with Crippen LogP contribution in [0.3, 0.4) is 0 Å². The van der Waals surface area contributed by atoms with E-state index in [2.05, 4.69) is 10.2 Å². The van der Waals surface area contributed by atoms with Gasteiger partial charge in [-0.05, 0) is 43.7 Å². The first-order valence-corrected chi connectivity index (χ1v) is 12.3. The summed E-state index contributed by atoms with van der Waals surface area (Å²) >= 11 is 0. The Morgan fingerprint density at radius 2 is 1.73 bits per heavy atom. The van der Waals surface area contributed by atoms with Crippen LogP contribution in [-0.2, 0) is 9.59 Å². The van der Waals surface area contributed by atoms with Crippen LogP contribution in [0.4, 0.5) is 10.5 Å². The highest BCUT2D eigenvalue weighted by atomic mass is 16.2. The van der Waals surface area contributed by atoms with Crippen molar-refractivity contribution in [2.45, 2.75) is 50.5 Å². The number of nitrogens with one attached hydrogen (secondary N) is 1. The van der Waals surface area contributed by atoms with Gasteiger partial charge in [0.1, 0.15) is 12.1 Å². The van der Waals surface area contributed by atoms with Crippen molar-refractivity contribution < 1.29 is 14.4 Å². The van der Waals surface area contributed by atoms with Crippen LogP contribution in [0.1, 0.15) is 44.9 Å². The summed E-state index contributed by atoms with van der Waals surface area (Å²) in [5.74, 6) is 0.470. The third kappa shape index (κ3) is 4.94. The van der Waals surface area contributed by atoms with Gasteiger partial charge in [0.05, 0.1) is 6.67 Å². The van der Waals surface area contributed by atoms with Crippen molar-refractivity contribution in [3.8, 4) is 0 Å². The molecular formula is C25H37N5O3. The molecule has 0 aromatic heterocycles. The van der Waals surface area contributed by atoms with Gasteiger partial charge in [-0.1, -0.05) is 37.5 Å². The standard InChI is InChI=1S/C25H37N5O3/c1-27(2)24(33)28-15-13-25(14-16-28)23(32)29(19-30(25)21-11-7-4-8-12-21)18-22(31)26-17-20-9-5-3-6-10-20/h4,7-8,11-12,20H,3,5-6,9-10,13-19H2,1-2H3,(H,26,31). The maximum atomic E-state index is 13.7. The van der Waals surface area contributed by atoms with E-state index < -0.39 is 5.54 Å². The summed E-state index contributed by atoms with van der Waals surface area (Å²) in [5, 5.41) is 3.07. The van der Waals surface area contributed by atoms with Crippen LogP contribution in [0.5, 0.6) is 0 Å². The molecule has 1 aromatic rings. The minimum absolute atomic E-state index is 0.00359. The SMILES string of the molecule is CN(C)C(=O)N1CCC2(CC1)C(=O)N(CC(=O)NCC1CCCCC1)CN2c1ccccc1. The number of hydrogen-bond acceptors (Lipinski definition) is 4. The van der Waals surface area contributed by atoms with Gasteiger partial charge in [-0.25, -0.2) is 4.79 Å². The number of para-hydroxylation sites is 1. The molecule has 8 nitrogen and oxygen atoms in total. The predicted octanol–water partition coefficient (Wildman–Crippen LogP) is 2.51. The van der Waals surface area contributed by atoms with E-state index in [0.29, 0.717) is 45.1 Å². The molecule has 2 heterocycles. The molecule has 0 radical (unpaired) electrons. The Bertz CT molecular complexity index is 845. The van der Waals surface area contributed by atoms with Gasteiger partial charge in [0.25, 0.3) is 5.91 Å². The van der Waals surface area contributed by atoms with Gasteiger partial charge in [0.15, 0.2) is 0 Å². The normalized spacial score (nSPS) is 20.9. The molecule has 33 heavy (non-hydrogen) atoms. The summed E-state index contributed by atoms with van der Waals surface area (Å²) in [7, 11) is 3.49. The topological polar surface area (TPSA) is 76.2 Å². The molecule has 0 unspecified atom stereocenters. The molecule has 0 bridgehead atoms. The molecule has 1 spiro atoms. The van der Waals surface area contributed by atoms with Gasteiger partial charge < -0.3 is 24.9 Å². The lowest BCUT2D eigenvalue weighted by Crippen LogP contribution is -2.58. The largest absolute Gasteiger partial charge is 0.354 e. The lowest BCUT2D eigenvalue weighted by Gasteiger charge is -2.43. The highest BCUT2D eigenvalue weighted by Crippen LogP contribution is 2.39. The zero-order valence-corrected chi connectivity index (χ0v) is 20.0. The molecule has 3 fully saturated rings. The van der Waals surface area contributed by atoms with E-state index >= 15 is 0 Å². The van der Waals surface area contributed by atoms with Crippen molar-refractivity contribution in [3.63, 3.8) is 0 Å². The second-order valence-corrected chi connectivity index (χ2v) is 9.91. The maximum absolute atomic E-state index is 13.7. The number of carbonyl (C=O) groups is 3. The fourth-order valence-corrected chi connectivity index (χ4v) is 5.55. The van der Waals surface area contributed by atoms with Gasteiger partial charge in [0.2, 0.25) is 5.91 Å². The predicted molar refractivity (Wildman–Crippen MR) is 128 cm³/mol. The number of benzene rings is 1. The molecule has 180 valence electrons. The number of carbonyl (C=O) groups excluding carboxylic acids is 3. The van der Waals surface area contributed by atoms with E-state index in [-0.39, 0.29) is 24.4 Å². The number of rotatable bonds is 5. The van der Waals surface area contributed by atoms with Crippen molar-refractivity contribution in [2.75, 3.05) is 51.8 Å². The molecule has 3 aliphatic rings. The van der Waals surface area contributed by atoms with Gasteiger partial charge in [0, 0.05) is 39.4 Å². The lowest BCUT2D eigenvalue weighted by molar-refractivity contribution is -0.137. The number of nitrogens with zero attached hydrogens (tertiary/aromatic N) is 4. The summed E-state index contributed by atoms with van der Waals surface area (Å²) in [6.45, 7) is 2.22. The third-order valence-electron chi connectivity index (χ3n) is 7.47. The van der Waals surface area contributed by atoms with Crippen LogP contribution in [0.2, 0.25) is 0 Å². The minimum atomic E-state index is -0.714. The summed E-state index contributed by atoms with van der Waals surface area (Å²) in [6, 6.07) is 9.90. The number of piperidine rings is 1. The van der Waals surface area contributed by atoms with Crippen LogP contribution < -0.4 is 10.2 Å². The summed E-state index contributed by atoms with van der Waals surface area (Å²) in [6.07, 6.45) is 7.24. The Morgan fingerprint density at radius 1 is 1.06 bits per heavy atom. The fourth-order valence-electron chi connectivity index (χ4n) is 5.55. The average molecular weight is 456 g/mol. The summed E-state index contributed by atoms with van der Waals surface area (Å²) in [5.41, 5.74) is 0.261. The van der Waals surface area contributed by atoms with Gasteiger partial charge in [-0.3, -0.25) is 9.59 Å². The van der Waals surface area contributed by atoms with Gasteiger partial charge in [-0.15, -0.1) is 0 Å². The molecule has 4 amide bonds. The van der Waals surface area contributed by atoms with Crippen LogP contribution in [0.15, 0.2) is 30.3 Å². The Kier molecular flexibility index (Phi) is 7.10. The number of likely N-dealkylation sites (tertiary alicyclic amines) is 1. The summed E-state index contributed by atoms with van der Waals surface area (Å²) < 4.78 is 0. The first-order chi connectivity index (χ1) is 15.9. The van der Waals surface area contributed by atoms with Crippen LogP contribution in [0.25, 0.3) is 0 Å². The molecule has 1 N–H and O–H groups in total. The maximum Gasteiger partial charge on any atom is 0.319 e. The number of hydrogen-bond donors (Lipinski definition) is 1. The zero-order valence-electron chi connectivity index (χ0n) is 20.0.